The van der Waals surface area contributed by atoms with Crippen molar-refractivity contribution in [3.05, 3.63) is 65.2 Å². The van der Waals surface area contributed by atoms with Crippen LogP contribution in [-0.4, -0.2) is 50.0 Å². The highest BCUT2D eigenvalue weighted by Gasteiger charge is 2.27. The fraction of sp³-hybridized carbons (Fsp3) is 0.462. The van der Waals surface area contributed by atoms with Crippen LogP contribution < -0.4 is 9.62 Å². The minimum atomic E-state index is -3.51. The molecular weight excluding hydrogens is 450 g/mol. The van der Waals surface area contributed by atoms with E-state index in [9.17, 15) is 18.0 Å². The Balaban J connectivity index is 2.19. The van der Waals surface area contributed by atoms with Crippen LogP contribution in [0.25, 0.3) is 0 Å². The Bertz CT molecular complexity index is 1100. The average Bonchev–Trinajstić information content (AvgIpc) is 2.75. The summed E-state index contributed by atoms with van der Waals surface area (Å²) < 4.78 is 26.2. The van der Waals surface area contributed by atoms with Crippen molar-refractivity contribution >= 4 is 27.5 Å². The molecule has 2 amide bonds. The number of sulfonamides is 1. The number of benzene rings is 2. The van der Waals surface area contributed by atoms with Crippen molar-refractivity contribution in [3.8, 4) is 0 Å². The zero-order chi connectivity index (χ0) is 25.5. The predicted molar refractivity (Wildman–Crippen MR) is 137 cm³/mol. The zero-order valence-electron chi connectivity index (χ0n) is 21.0. The first-order valence-electron chi connectivity index (χ1n) is 11.6. The number of amides is 2. The highest BCUT2D eigenvalue weighted by Crippen LogP contribution is 2.23. The van der Waals surface area contributed by atoms with Crippen LogP contribution in [0.4, 0.5) is 5.69 Å². The molecular formula is C26H37N3O4S. The van der Waals surface area contributed by atoms with Gasteiger partial charge >= 0.3 is 0 Å². The van der Waals surface area contributed by atoms with Crippen molar-refractivity contribution in [2.75, 3.05) is 17.1 Å². The number of nitrogens with one attached hydrogen (secondary N) is 1. The Morgan fingerprint density at radius 3 is 2.09 bits per heavy atom. The molecule has 0 unspecified atom stereocenters. The quantitative estimate of drug-likeness (QED) is 0.522. The topological polar surface area (TPSA) is 86.8 Å². The fourth-order valence-electron chi connectivity index (χ4n) is 3.78. The first-order chi connectivity index (χ1) is 15.9. The second-order valence-corrected chi connectivity index (χ2v) is 10.9. The van der Waals surface area contributed by atoms with Crippen LogP contribution in [-0.2, 0) is 26.2 Å². The van der Waals surface area contributed by atoms with Gasteiger partial charge in [0.05, 0.1) is 11.9 Å². The summed E-state index contributed by atoms with van der Waals surface area (Å²) in [6.07, 6.45) is 1.64. The van der Waals surface area contributed by atoms with Crippen LogP contribution >= 0.6 is 0 Å². The minimum absolute atomic E-state index is 0.0391. The van der Waals surface area contributed by atoms with Crippen LogP contribution in [0.1, 0.15) is 50.3 Å². The van der Waals surface area contributed by atoms with Gasteiger partial charge < -0.3 is 10.2 Å². The minimum Gasteiger partial charge on any atom is -0.352 e. The number of anilines is 1. The summed E-state index contributed by atoms with van der Waals surface area (Å²) in [5, 5.41) is 2.88. The summed E-state index contributed by atoms with van der Waals surface area (Å²) >= 11 is 0. The van der Waals surface area contributed by atoms with Crippen LogP contribution in [0.3, 0.4) is 0 Å². The summed E-state index contributed by atoms with van der Waals surface area (Å²) in [5.74, 6) is -0.400. The molecule has 0 radical (unpaired) electrons. The van der Waals surface area contributed by atoms with E-state index in [1.54, 1.807) is 24.0 Å². The molecule has 1 atom stereocenters. The van der Waals surface area contributed by atoms with Crippen molar-refractivity contribution in [3.63, 3.8) is 0 Å². The molecule has 8 heteroatoms. The maximum atomic E-state index is 13.3. The molecule has 0 spiro atoms. The molecule has 0 saturated carbocycles. The summed E-state index contributed by atoms with van der Waals surface area (Å²) in [6.45, 7) is 9.81. The Morgan fingerprint density at radius 1 is 0.941 bits per heavy atom. The molecule has 1 N–H and O–H groups in total. The molecule has 0 heterocycles. The Morgan fingerprint density at radius 2 is 1.53 bits per heavy atom. The van der Waals surface area contributed by atoms with E-state index < -0.39 is 16.1 Å². The third kappa shape index (κ3) is 7.58. The van der Waals surface area contributed by atoms with Gasteiger partial charge in [-0.25, -0.2) is 8.42 Å². The Kier molecular flexibility index (Phi) is 9.67. The molecule has 2 aromatic rings. The van der Waals surface area contributed by atoms with Gasteiger partial charge in [-0.1, -0.05) is 42.5 Å². The number of rotatable bonds is 11. The maximum Gasteiger partial charge on any atom is 0.242 e. The average molecular weight is 488 g/mol. The summed E-state index contributed by atoms with van der Waals surface area (Å²) in [7, 11) is -3.51. The van der Waals surface area contributed by atoms with Gasteiger partial charge in [-0.2, -0.15) is 0 Å². The van der Waals surface area contributed by atoms with Crippen LogP contribution in [0, 0.1) is 13.8 Å². The van der Waals surface area contributed by atoms with E-state index in [1.807, 2.05) is 64.1 Å². The largest absolute Gasteiger partial charge is 0.352 e. The van der Waals surface area contributed by atoms with Crippen LogP contribution in [0.5, 0.6) is 0 Å². The second-order valence-electron chi connectivity index (χ2n) is 9.01. The van der Waals surface area contributed by atoms with Crippen molar-refractivity contribution < 1.29 is 18.0 Å². The van der Waals surface area contributed by atoms with E-state index in [1.165, 1.54) is 10.6 Å². The van der Waals surface area contributed by atoms with Gasteiger partial charge in [-0.3, -0.25) is 13.9 Å². The normalized spacial score (nSPS) is 12.3. The van der Waals surface area contributed by atoms with Crippen LogP contribution in [0.2, 0.25) is 0 Å². The lowest BCUT2D eigenvalue weighted by Crippen LogP contribution is -2.49. The van der Waals surface area contributed by atoms with E-state index >= 15 is 0 Å². The van der Waals surface area contributed by atoms with Crippen molar-refractivity contribution in [1.29, 1.82) is 0 Å². The maximum absolute atomic E-state index is 13.3. The third-order valence-corrected chi connectivity index (χ3v) is 6.92. The second kappa shape index (κ2) is 12.0. The molecule has 0 aromatic heterocycles. The van der Waals surface area contributed by atoms with E-state index in [0.717, 1.165) is 16.7 Å². The van der Waals surface area contributed by atoms with Crippen molar-refractivity contribution in [2.45, 2.75) is 66.1 Å². The molecule has 2 rings (SSSR count). The van der Waals surface area contributed by atoms with Gasteiger partial charge in [0.15, 0.2) is 0 Å². The van der Waals surface area contributed by atoms with Gasteiger partial charge in [0.25, 0.3) is 0 Å². The number of carbonyl (C=O) groups is 2. The summed E-state index contributed by atoms with van der Waals surface area (Å²) in [5.41, 5.74) is 3.47. The Hall–Kier alpha value is -2.87. The molecule has 0 fully saturated rings. The van der Waals surface area contributed by atoms with Gasteiger partial charge in [0.1, 0.15) is 6.04 Å². The smallest absolute Gasteiger partial charge is 0.242 e. The highest BCUT2D eigenvalue weighted by atomic mass is 32.2. The van der Waals surface area contributed by atoms with Gasteiger partial charge in [-0.15, -0.1) is 0 Å². The van der Waals surface area contributed by atoms with Gasteiger partial charge in [-0.05, 0) is 63.8 Å². The van der Waals surface area contributed by atoms with Gasteiger partial charge in [0.2, 0.25) is 21.8 Å². The Labute approximate surface area is 204 Å². The molecule has 34 heavy (non-hydrogen) atoms. The molecule has 0 saturated heterocycles. The lowest BCUT2D eigenvalue weighted by molar-refractivity contribution is -0.140. The van der Waals surface area contributed by atoms with Crippen LogP contribution in [0.15, 0.2) is 48.5 Å². The van der Waals surface area contributed by atoms with Crippen molar-refractivity contribution in [2.24, 2.45) is 0 Å². The number of para-hydroxylation sites is 1. The summed E-state index contributed by atoms with van der Waals surface area (Å²) in [4.78, 5) is 27.6. The number of hydrogen-bond acceptors (Lipinski definition) is 4. The lowest BCUT2D eigenvalue weighted by atomic mass is 10.1. The first kappa shape index (κ1) is 27.4. The summed E-state index contributed by atoms with van der Waals surface area (Å²) in [6, 6.07) is 14.4. The highest BCUT2D eigenvalue weighted by molar-refractivity contribution is 7.92. The molecule has 7 nitrogen and oxygen atoms in total. The fourth-order valence-corrected chi connectivity index (χ4v) is 4.81. The monoisotopic (exact) mass is 487 g/mol. The van der Waals surface area contributed by atoms with Crippen molar-refractivity contribution in [1.82, 2.24) is 10.2 Å². The molecule has 0 aliphatic rings. The van der Waals surface area contributed by atoms with E-state index in [-0.39, 0.29) is 30.8 Å². The molecule has 0 aliphatic carbocycles. The SMILES string of the molecule is Cc1ccccc1CN(C(=O)CCCN(c1ccccc1C)S(C)(=O)=O)[C@@H](C)C(=O)NC(C)C. The molecule has 2 aromatic carbocycles. The van der Waals surface area contributed by atoms with E-state index in [0.29, 0.717) is 18.7 Å². The number of nitrogens with zero attached hydrogens (tertiary/aromatic N) is 2. The number of hydrogen-bond donors (Lipinski definition) is 1. The molecule has 0 bridgehead atoms. The zero-order valence-corrected chi connectivity index (χ0v) is 21.9. The molecule has 0 aliphatic heterocycles. The standard InChI is InChI=1S/C26H37N3O4S/c1-19(2)27-26(31)22(5)28(18-23-14-9-7-12-20(23)3)25(30)16-11-17-29(34(6,32)33)24-15-10-8-13-21(24)4/h7-10,12-15,19,22H,11,16-18H2,1-6H3,(H,27,31)/t22-/m0/s1. The van der Waals surface area contributed by atoms with Gasteiger partial charge in [0, 0.05) is 25.6 Å². The number of aryl methyl sites for hydroxylation is 2. The molecule has 186 valence electrons. The lowest BCUT2D eigenvalue weighted by Gasteiger charge is -2.30. The first-order valence-corrected chi connectivity index (χ1v) is 13.4. The van der Waals surface area contributed by atoms with E-state index in [2.05, 4.69) is 5.32 Å². The number of carbonyl (C=O) groups excluding carboxylic acids is 2. The third-order valence-electron chi connectivity index (χ3n) is 5.74. The predicted octanol–water partition coefficient (Wildman–Crippen LogP) is 3.79. The van der Waals surface area contributed by atoms with E-state index in [4.69, 9.17) is 0 Å².